The Morgan fingerprint density at radius 1 is 1.31 bits per heavy atom. The fourth-order valence-corrected chi connectivity index (χ4v) is 2.06. The second-order valence-electron chi connectivity index (χ2n) is 3.73. The lowest BCUT2D eigenvalue weighted by atomic mass is 9.91. The highest BCUT2D eigenvalue weighted by Gasteiger charge is 2.17. The minimum atomic E-state index is 0.491. The van der Waals surface area contributed by atoms with Gasteiger partial charge in [0, 0.05) is 6.42 Å². The molecular weight excluding hydrogens is 160 g/mol. The van der Waals surface area contributed by atoms with Crippen LogP contribution in [0.1, 0.15) is 18.9 Å². The van der Waals surface area contributed by atoms with Crippen molar-refractivity contribution in [1.29, 1.82) is 0 Å². The number of hydrogen-bond donors (Lipinski definition) is 1. The van der Waals surface area contributed by atoms with E-state index in [1.54, 1.807) is 0 Å². The van der Waals surface area contributed by atoms with E-state index < -0.39 is 0 Å². The third-order valence-corrected chi connectivity index (χ3v) is 2.87. The highest BCUT2D eigenvalue weighted by atomic mass is 16.3. The number of allylic oxidation sites excluding steroid dienone is 3. The maximum atomic E-state index is 9.37. The molecule has 64 valence electrons. The Balaban J connectivity index is 2.08. The molecule has 3 aliphatic carbocycles. The molecule has 0 saturated carbocycles. The monoisotopic (exact) mass is 170 g/mol. The molecule has 0 aromatic heterocycles. The molecule has 13 heavy (non-hydrogen) atoms. The summed E-state index contributed by atoms with van der Waals surface area (Å²) >= 11 is 0. The van der Waals surface area contributed by atoms with Crippen LogP contribution in [0.15, 0.2) is 35.6 Å². The zero-order chi connectivity index (χ0) is 9.00. The van der Waals surface area contributed by atoms with Crippen LogP contribution in [0.3, 0.4) is 0 Å². The van der Waals surface area contributed by atoms with Gasteiger partial charge < -0.3 is 5.11 Å². The average Bonchev–Trinajstić information content (AvgIpc) is 2.36. The molecule has 0 atom stereocenters. The van der Waals surface area contributed by atoms with Gasteiger partial charge in [-0.25, -0.2) is 0 Å². The molecule has 0 aliphatic heterocycles. The minimum absolute atomic E-state index is 0.491. The van der Waals surface area contributed by atoms with Crippen molar-refractivity contribution in [3.63, 3.8) is 0 Å². The fraction of sp³-hybridized carbons (Fsp3) is 0.167. The van der Waals surface area contributed by atoms with E-state index in [1.807, 2.05) is 6.08 Å². The van der Waals surface area contributed by atoms with Crippen molar-refractivity contribution >= 4 is 5.57 Å². The van der Waals surface area contributed by atoms with Gasteiger partial charge in [0.2, 0.25) is 0 Å². The SMILES string of the molecule is CC1=C(c2cc3ccc2=3)CC(O)=C1. The molecule has 0 aromatic rings. The van der Waals surface area contributed by atoms with Gasteiger partial charge in [-0.3, -0.25) is 0 Å². The summed E-state index contributed by atoms with van der Waals surface area (Å²) in [6, 6.07) is 6.46. The highest BCUT2D eigenvalue weighted by molar-refractivity contribution is 5.77. The molecule has 0 saturated heterocycles. The van der Waals surface area contributed by atoms with Crippen LogP contribution < -0.4 is 0 Å². The molecular formula is C12H10O. The number of hydrogen-bond acceptors (Lipinski definition) is 1. The van der Waals surface area contributed by atoms with Crippen LogP contribution >= 0.6 is 0 Å². The van der Waals surface area contributed by atoms with Gasteiger partial charge in [0.1, 0.15) is 0 Å². The molecule has 0 aromatic carbocycles. The van der Waals surface area contributed by atoms with Gasteiger partial charge in [0.15, 0.2) is 0 Å². The summed E-state index contributed by atoms with van der Waals surface area (Å²) in [5.74, 6) is 0.491. The number of aliphatic hydroxyl groups excluding tert-OH is 1. The summed E-state index contributed by atoms with van der Waals surface area (Å²) in [5, 5.41) is 12.1. The van der Waals surface area contributed by atoms with Gasteiger partial charge in [-0.15, -0.1) is 0 Å². The molecule has 1 N–H and O–H groups in total. The Kier molecular flexibility index (Phi) is 1.10. The normalized spacial score (nSPS) is 17.8. The molecule has 0 radical (unpaired) electrons. The van der Waals surface area contributed by atoms with Crippen molar-refractivity contribution in [2.75, 3.05) is 0 Å². The minimum Gasteiger partial charge on any atom is -0.512 e. The lowest BCUT2D eigenvalue weighted by Crippen LogP contribution is -1.96. The Morgan fingerprint density at radius 3 is 2.54 bits per heavy atom. The van der Waals surface area contributed by atoms with Gasteiger partial charge >= 0.3 is 0 Å². The van der Waals surface area contributed by atoms with E-state index in [2.05, 4.69) is 25.1 Å². The number of aliphatic hydroxyl groups is 1. The predicted molar refractivity (Wildman–Crippen MR) is 52.0 cm³/mol. The first-order valence-electron chi connectivity index (χ1n) is 4.50. The topological polar surface area (TPSA) is 20.2 Å². The molecule has 1 heteroatoms. The van der Waals surface area contributed by atoms with Crippen LogP contribution in [-0.2, 0) is 0 Å². The van der Waals surface area contributed by atoms with Gasteiger partial charge in [0.25, 0.3) is 0 Å². The molecule has 3 aliphatic rings. The molecule has 0 spiro atoms. The first kappa shape index (κ1) is 6.96. The van der Waals surface area contributed by atoms with Crippen LogP contribution in [0.4, 0.5) is 0 Å². The molecule has 0 amide bonds. The largest absolute Gasteiger partial charge is 0.512 e. The first-order valence-corrected chi connectivity index (χ1v) is 4.50. The van der Waals surface area contributed by atoms with E-state index >= 15 is 0 Å². The van der Waals surface area contributed by atoms with Gasteiger partial charge in [-0.2, -0.15) is 0 Å². The Morgan fingerprint density at radius 2 is 2.15 bits per heavy atom. The highest BCUT2D eigenvalue weighted by Crippen LogP contribution is 2.35. The second-order valence-corrected chi connectivity index (χ2v) is 3.73. The maximum Gasteiger partial charge on any atom is 0.0969 e. The standard InChI is InChI=1S/C12H10O/c1-7-4-9(13)6-11(7)12-5-8-2-3-10(8)12/h2-5,13H,6H2,1H3. The van der Waals surface area contributed by atoms with Crippen LogP contribution in [-0.4, -0.2) is 5.11 Å². The maximum absolute atomic E-state index is 9.37. The van der Waals surface area contributed by atoms with Crippen LogP contribution in [0.2, 0.25) is 0 Å². The van der Waals surface area contributed by atoms with Crippen molar-refractivity contribution in [3.8, 4) is 0 Å². The molecule has 1 nitrogen and oxygen atoms in total. The van der Waals surface area contributed by atoms with Crippen molar-refractivity contribution in [3.05, 3.63) is 51.6 Å². The summed E-state index contributed by atoms with van der Waals surface area (Å²) < 4.78 is 0. The van der Waals surface area contributed by atoms with E-state index in [-0.39, 0.29) is 0 Å². The van der Waals surface area contributed by atoms with Crippen LogP contribution in [0.5, 0.6) is 0 Å². The zero-order valence-corrected chi connectivity index (χ0v) is 7.46. The molecule has 0 fully saturated rings. The zero-order valence-electron chi connectivity index (χ0n) is 7.46. The first-order chi connectivity index (χ1) is 6.25. The number of rotatable bonds is 1. The fourth-order valence-electron chi connectivity index (χ4n) is 2.06. The summed E-state index contributed by atoms with van der Waals surface area (Å²) in [4.78, 5) is 0. The van der Waals surface area contributed by atoms with Crippen molar-refractivity contribution in [1.82, 2.24) is 0 Å². The van der Waals surface area contributed by atoms with Gasteiger partial charge in [0.05, 0.1) is 5.76 Å². The second kappa shape index (κ2) is 2.05. The van der Waals surface area contributed by atoms with E-state index in [9.17, 15) is 5.11 Å². The smallest absolute Gasteiger partial charge is 0.0969 e. The van der Waals surface area contributed by atoms with E-state index in [0.29, 0.717) is 12.2 Å². The lowest BCUT2D eigenvalue weighted by Gasteiger charge is -2.13. The molecule has 0 heterocycles. The van der Waals surface area contributed by atoms with Crippen molar-refractivity contribution in [2.24, 2.45) is 0 Å². The summed E-state index contributed by atoms with van der Waals surface area (Å²) in [5.41, 5.74) is 3.83. The van der Waals surface area contributed by atoms with E-state index in [0.717, 1.165) is 0 Å². The average molecular weight is 170 g/mol. The molecule has 0 bridgehead atoms. The Labute approximate surface area is 76.3 Å². The summed E-state index contributed by atoms with van der Waals surface area (Å²) in [6.45, 7) is 2.06. The lowest BCUT2D eigenvalue weighted by molar-refractivity contribution is 0.406. The molecule has 3 rings (SSSR count). The van der Waals surface area contributed by atoms with Crippen molar-refractivity contribution < 1.29 is 5.11 Å². The van der Waals surface area contributed by atoms with Gasteiger partial charge in [-0.05, 0) is 46.2 Å². The van der Waals surface area contributed by atoms with Gasteiger partial charge in [-0.1, -0.05) is 12.1 Å². The number of benzene rings is 1. The van der Waals surface area contributed by atoms with Crippen LogP contribution in [0.25, 0.3) is 5.57 Å². The summed E-state index contributed by atoms with van der Waals surface area (Å²) in [6.07, 6.45) is 2.57. The van der Waals surface area contributed by atoms with Crippen molar-refractivity contribution in [2.45, 2.75) is 13.3 Å². The Bertz CT molecular complexity index is 547. The Hall–Kier alpha value is -1.50. The predicted octanol–water partition coefficient (Wildman–Crippen LogP) is 2.91. The van der Waals surface area contributed by atoms with E-state index in [1.165, 1.54) is 27.1 Å². The molecule has 0 unspecified atom stereocenters. The third-order valence-electron chi connectivity index (χ3n) is 2.87. The van der Waals surface area contributed by atoms with Crippen LogP contribution in [0, 0.1) is 10.4 Å². The summed E-state index contributed by atoms with van der Waals surface area (Å²) in [7, 11) is 0. The quantitative estimate of drug-likeness (QED) is 0.697. The third kappa shape index (κ3) is 0.765. The van der Waals surface area contributed by atoms with E-state index in [4.69, 9.17) is 0 Å².